The summed E-state index contributed by atoms with van der Waals surface area (Å²) in [6.45, 7) is 4.95. The lowest BCUT2D eigenvalue weighted by Gasteiger charge is -2.32. The highest BCUT2D eigenvalue weighted by atomic mass is 16.5. The molecule has 1 saturated heterocycles. The summed E-state index contributed by atoms with van der Waals surface area (Å²) in [5, 5.41) is 6.39. The van der Waals surface area contributed by atoms with Gasteiger partial charge in [0.05, 0.1) is 0 Å². The Kier molecular flexibility index (Phi) is 6.09. The minimum Gasteiger partial charge on any atom is -0.489 e. The Morgan fingerprint density at radius 3 is 2.79 bits per heavy atom. The SMILES string of the molecule is C=C1CCC(N2Cc3cc(O[C@H]4CCCC[C@H]4NCc4cncnc4)ccc3C2=O)C(=O)N1. The maximum Gasteiger partial charge on any atom is 0.255 e. The molecule has 1 aliphatic carbocycles. The van der Waals surface area contributed by atoms with Crippen LogP contribution in [-0.2, 0) is 17.9 Å². The van der Waals surface area contributed by atoms with Gasteiger partial charge in [-0.05, 0) is 55.9 Å². The molecule has 172 valence electrons. The molecule has 1 saturated carbocycles. The molecule has 33 heavy (non-hydrogen) atoms. The number of rotatable bonds is 6. The topological polar surface area (TPSA) is 96.4 Å². The van der Waals surface area contributed by atoms with Gasteiger partial charge in [0.15, 0.2) is 0 Å². The van der Waals surface area contributed by atoms with Crippen molar-refractivity contribution in [2.24, 2.45) is 0 Å². The molecule has 5 rings (SSSR count). The molecule has 2 aromatic rings. The lowest BCUT2D eigenvalue weighted by Crippen LogP contribution is -2.49. The van der Waals surface area contributed by atoms with Crippen molar-refractivity contribution in [3.63, 3.8) is 0 Å². The zero-order chi connectivity index (χ0) is 22.8. The van der Waals surface area contributed by atoms with Crippen molar-refractivity contribution < 1.29 is 14.3 Å². The first-order chi connectivity index (χ1) is 16.1. The average Bonchev–Trinajstić information content (AvgIpc) is 3.14. The Bertz CT molecular complexity index is 1060. The second-order valence-corrected chi connectivity index (χ2v) is 9.07. The number of fused-ring (bicyclic) bond motifs is 1. The minimum absolute atomic E-state index is 0.0600. The zero-order valence-corrected chi connectivity index (χ0v) is 18.6. The van der Waals surface area contributed by atoms with E-state index in [1.807, 2.05) is 30.6 Å². The van der Waals surface area contributed by atoms with Crippen LogP contribution in [0.1, 0.15) is 60.0 Å². The highest BCUT2D eigenvalue weighted by molar-refractivity contribution is 6.01. The molecule has 2 fully saturated rings. The standard InChI is InChI=1S/C25H29N5O3/c1-16-6-9-22(24(31)29-16)30-14-18-10-19(7-8-20(18)25(30)32)33-23-5-3-2-4-21(23)28-13-17-11-26-15-27-12-17/h7-8,10-12,15,21-23,28H,1-6,9,13-14H2,(H,29,31)/t21-,22?,23+/m1/s1. The molecule has 3 aliphatic rings. The van der Waals surface area contributed by atoms with Crippen LogP contribution in [0.3, 0.4) is 0 Å². The van der Waals surface area contributed by atoms with E-state index in [9.17, 15) is 9.59 Å². The third kappa shape index (κ3) is 4.61. The van der Waals surface area contributed by atoms with Crippen LogP contribution < -0.4 is 15.4 Å². The molecular formula is C25H29N5O3. The fraction of sp³-hybridized carbons (Fsp3) is 0.440. The van der Waals surface area contributed by atoms with Crippen LogP contribution in [-0.4, -0.2) is 44.9 Å². The van der Waals surface area contributed by atoms with Crippen molar-refractivity contribution in [3.05, 3.63) is 65.9 Å². The highest BCUT2D eigenvalue weighted by Crippen LogP contribution is 2.32. The van der Waals surface area contributed by atoms with Gasteiger partial charge in [-0.25, -0.2) is 9.97 Å². The Morgan fingerprint density at radius 2 is 1.97 bits per heavy atom. The van der Waals surface area contributed by atoms with Crippen molar-refractivity contribution in [1.29, 1.82) is 0 Å². The third-order valence-electron chi connectivity index (χ3n) is 6.78. The van der Waals surface area contributed by atoms with Gasteiger partial charge in [0.25, 0.3) is 5.91 Å². The van der Waals surface area contributed by atoms with Crippen LogP contribution in [0.15, 0.2) is 49.2 Å². The number of hydrogen-bond donors (Lipinski definition) is 2. The molecule has 2 N–H and O–H groups in total. The van der Waals surface area contributed by atoms with E-state index in [4.69, 9.17) is 4.74 Å². The molecule has 2 aliphatic heterocycles. The van der Waals surface area contributed by atoms with E-state index >= 15 is 0 Å². The average molecular weight is 448 g/mol. The second kappa shape index (κ2) is 9.31. The van der Waals surface area contributed by atoms with Gasteiger partial charge in [0.1, 0.15) is 24.2 Å². The van der Waals surface area contributed by atoms with Crippen LogP contribution in [0.25, 0.3) is 0 Å². The molecule has 0 spiro atoms. The van der Waals surface area contributed by atoms with Gasteiger partial charge >= 0.3 is 0 Å². The molecule has 0 bridgehead atoms. The number of nitrogens with zero attached hydrogens (tertiary/aromatic N) is 3. The second-order valence-electron chi connectivity index (χ2n) is 9.07. The highest BCUT2D eigenvalue weighted by Gasteiger charge is 2.38. The molecule has 2 amide bonds. The van der Waals surface area contributed by atoms with Crippen molar-refractivity contribution in [2.45, 2.75) is 69.8 Å². The number of ether oxygens (including phenoxy) is 1. The zero-order valence-electron chi connectivity index (χ0n) is 18.6. The first-order valence-electron chi connectivity index (χ1n) is 11.6. The Hall–Kier alpha value is -3.26. The molecular weight excluding hydrogens is 418 g/mol. The number of carbonyl (C=O) groups excluding carboxylic acids is 2. The Morgan fingerprint density at radius 1 is 1.15 bits per heavy atom. The lowest BCUT2D eigenvalue weighted by molar-refractivity contribution is -0.126. The number of benzene rings is 1. The van der Waals surface area contributed by atoms with E-state index in [1.165, 1.54) is 12.7 Å². The van der Waals surface area contributed by atoms with Crippen LogP contribution in [0.5, 0.6) is 5.75 Å². The predicted molar refractivity (Wildman–Crippen MR) is 122 cm³/mol. The van der Waals surface area contributed by atoms with E-state index < -0.39 is 6.04 Å². The normalized spacial score (nSPS) is 25.0. The largest absolute Gasteiger partial charge is 0.489 e. The summed E-state index contributed by atoms with van der Waals surface area (Å²) >= 11 is 0. The van der Waals surface area contributed by atoms with Gasteiger partial charge in [0.2, 0.25) is 5.91 Å². The smallest absolute Gasteiger partial charge is 0.255 e. The predicted octanol–water partition coefficient (Wildman–Crippen LogP) is 2.70. The lowest BCUT2D eigenvalue weighted by atomic mass is 9.92. The number of hydrogen-bond acceptors (Lipinski definition) is 6. The van der Waals surface area contributed by atoms with E-state index in [2.05, 4.69) is 27.2 Å². The summed E-state index contributed by atoms with van der Waals surface area (Å²) in [5.41, 5.74) is 3.33. The number of amides is 2. The van der Waals surface area contributed by atoms with Crippen molar-refractivity contribution in [3.8, 4) is 5.75 Å². The summed E-state index contributed by atoms with van der Waals surface area (Å²) in [6, 6.07) is 5.46. The molecule has 0 radical (unpaired) electrons. The molecule has 1 aromatic heterocycles. The van der Waals surface area contributed by atoms with Crippen LogP contribution >= 0.6 is 0 Å². The van der Waals surface area contributed by atoms with E-state index in [1.54, 1.807) is 4.90 Å². The first kappa shape index (κ1) is 21.6. The van der Waals surface area contributed by atoms with Gasteiger partial charge in [0, 0.05) is 48.3 Å². The summed E-state index contributed by atoms with van der Waals surface area (Å²) in [4.78, 5) is 35.2. The number of carbonyl (C=O) groups is 2. The number of aromatic nitrogens is 2. The molecule has 3 heterocycles. The molecule has 3 atom stereocenters. The van der Waals surface area contributed by atoms with Crippen LogP contribution in [0.2, 0.25) is 0 Å². The quantitative estimate of drug-likeness (QED) is 0.707. The van der Waals surface area contributed by atoms with Crippen molar-refractivity contribution >= 4 is 11.8 Å². The first-order valence-corrected chi connectivity index (χ1v) is 11.6. The number of nitrogens with one attached hydrogen (secondary N) is 2. The number of allylic oxidation sites excluding steroid dienone is 1. The molecule has 1 unspecified atom stereocenters. The van der Waals surface area contributed by atoms with Gasteiger partial charge < -0.3 is 20.3 Å². The van der Waals surface area contributed by atoms with Crippen LogP contribution in [0, 0.1) is 0 Å². The third-order valence-corrected chi connectivity index (χ3v) is 6.78. The minimum atomic E-state index is -0.450. The summed E-state index contributed by atoms with van der Waals surface area (Å²) in [5.74, 6) is 0.530. The van der Waals surface area contributed by atoms with Gasteiger partial charge in [-0.3, -0.25) is 9.59 Å². The number of piperidine rings is 1. The fourth-order valence-corrected chi connectivity index (χ4v) is 5.02. The van der Waals surface area contributed by atoms with E-state index in [0.29, 0.717) is 37.2 Å². The van der Waals surface area contributed by atoms with Gasteiger partial charge in [-0.1, -0.05) is 13.0 Å². The Balaban J connectivity index is 1.25. The fourth-order valence-electron chi connectivity index (χ4n) is 5.02. The molecule has 1 aromatic carbocycles. The summed E-state index contributed by atoms with van der Waals surface area (Å²) in [7, 11) is 0. The summed E-state index contributed by atoms with van der Waals surface area (Å²) in [6.07, 6.45) is 10.9. The maximum absolute atomic E-state index is 13.0. The van der Waals surface area contributed by atoms with E-state index in [0.717, 1.165) is 36.1 Å². The monoisotopic (exact) mass is 447 g/mol. The Labute approximate surface area is 193 Å². The van der Waals surface area contributed by atoms with Gasteiger partial charge in [-0.2, -0.15) is 0 Å². The van der Waals surface area contributed by atoms with Gasteiger partial charge in [-0.15, -0.1) is 0 Å². The molecule has 8 nitrogen and oxygen atoms in total. The van der Waals surface area contributed by atoms with Crippen molar-refractivity contribution in [1.82, 2.24) is 25.5 Å². The van der Waals surface area contributed by atoms with Crippen molar-refractivity contribution in [2.75, 3.05) is 0 Å². The summed E-state index contributed by atoms with van der Waals surface area (Å²) < 4.78 is 6.42. The van der Waals surface area contributed by atoms with Crippen LogP contribution in [0.4, 0.5) is 0 Å². The molecule has 8 heteroatoms. The van der Waals surface area contributed by atoms with E-state index in [-0.39, 0.29) is 24.0 Å². The maximum atomic E-state index is 13.0.